The Morgan fingerprint density at radius 3 is 2.13 bits per heavy atom. The van der Waals surface area contributed by atoms with Gasteiger partial charge in [-0.3, -0.25) is 4.79 Å². The zero-order valence-electron chi connectivity index (χ0n) is 34.9. The van der Waals surface area contributed by atoms with Gasteiger partial charge in [0, 0.05) is 54.8 Å². The molecule has 53 heavy (non-hydrogen) atoms. The number of ether oxygens (including phenoxy) is 5. The molecule has 2 spiro atoms. The summed E-state index contributed by atoms with van der Waals surface area (Å²) >= 11 is 0. The van der Waals surface area contributed by atoms with Crippen LogP contribution in [0.15, 0.2) is 0 Å². The average molecular weight is 759 g/mol. The molecule has 0 saturated carbocycles. The van der Waals surface area contributed by atoms with Crippen molar-refractivity contribution >= 4 is 11.8 Å². The van der Waals surface area contributed by atoms with Gasteiger partial charge in [-0.1, -0.05) is 55.4 Å². The van der Waals surface area contributed by atoms with Crippen LogP contribution in [0.2, 0.25) is 0 Å². The molecule has 0 aromatic heterocycles. The Labute approximate surface area is 341 Å². The first kappa shape index (κ1) is 45.6. The van der Waals surface area contributed by atoms with E-state index in [0.717, 1.165) is 51.4 Å². The fourth-order valence-corrected chi connectivity index (χ4v) is 10.9. The molecule has 5 aliphatic heterocycles. The van der Waals surface area contributed by atoms with Crippen LogP contribution in [0.4, 0.5) is 0 Å². The third-order valence-corrected chi connectivity index (χ3v) is 14.7. The number of aliphatic hydroxyl groups is 2. The first-order chi connectivity index (χ1) is 24.4. The fourth-order valence-electron chi connectivity index (χ4n) is 10.9. The predicted molar refractivity (Wildman–Crippen MR) is 195 cm³/mol. The summed E-state index contributed by atoms with van der Waals surface area (Å²) in [5.41, 5.74) is -1.36. The van der Waals surface area contributed by atoms with Gasteiger partial charge < -0.3 is 43.8 Å². The summed E-state index contributed by atoms with van der Waals surface area (Å²) in [5, 5.41) is 34.6. The Hall–Kier alpha value is -0.140. The SMILES string of the molecule is CC[C@@H](C(=O)[C@@H](C)[C@@H](O)[C@H](C)[C@@H]1O[C@@H]([C@@H](CC)C(=O)[O-])CC[C@@H]1C)[C@H]1O[C@]2(CCC[C@]3(CC[C@@](C)([C@H]4CC[C@](O)(CC)[C@H](C)O4)O3)O2)[C@H](C)C[C@@H]1C.[Na+]. The second-order valence-corrected chi connectivity index (χ2v) is 18.1. The minimum Gasteiger partial charge on any atom is -0.550 e. The number of carboxylic acid groups (broad SMARTS) is 1. The molecular weight excluding hydrogens is 687 g/mol. The zero-order chi connectivity index (χ0) is 38.4. The number of ketones is 1. The number of aliphatic hydroxyl groups excluding tert-OH is 1. The molecule has 5 aliphatic rings. The fraction of sp³-hybridized carbons (Fsp3) is 0.952. The minimum atomic E-state index is -1.10. The van der Waals surface area contributed by atoms with Crippen molar-refractivity contribution in [2.45, 2.75) is 212 Å². The van der Waals surface area contributed by atoms with Gasteiger partial charge >= 0.3 is 29.6 Å². The maximum absolute atomic E-state index is 14.4. The molecule has 0 unspecified atom stereocenters. The number of aliphatic carboxylic acids is 1. The third-order valence-electron chi connectivity index (χ3n) is 14.7. The number of carboxylic acids is 1. The van der Waals surface area contributed by atoms with E-state index in [4.69, 9.17) is 23.7 Å². The van der Waals surface area contributed by atoms with E-state index in [0.29, 0.717) is 32.1 Å². The molecule has 0 aliphatic carbocycles. The number of hydrogen-bond acceptors (Lipinski definition) is 10. The van der Waals surface area contributed by atoms with Gasteiger partial charge in [-0.25, -0.2) is 0 Å². The van der Waals surface area contributed by atoms with Crippen LogP contribution < -0.4 is 34.7 Å². The maximum Gasteiger partial charge on any atom is 1.00 e. The van der Waals surface area contributed by atoms with Crippen LogP contribution in [-0.4, -0.2) is 81.4 Å². The van der Waals surface area contributed by atoms with E-state index in [9.17, 15) is 24.9 Å². The van der Waals surface area contributed by atoms with Crippen molar-refractivity contribution < 1.29 is 78.2 Å². The van der Waals surface area contributed by atoms with E-state index in [2.05, 4.69) is 27.7 Å². The number of Topliss-reactive ketones (excluding diaryl/α,β-unsaturated/α-hetero) is 1. The molecule has 10 nitrogen and oxygen atoms in total. The van der Waals surface area contributed by atoms with Crippen molar-refractivity contribution in [2.24, 2.45) is 41.4 Å². The van der Waals surface area contributed by atoms with Crippen LogP contribution in [-0.2, 0) is 33.3 Å². The van der Waals surface area contributed by atoms with Gasteiger partial charge in [0.05, 0.1) is 47.8 Å². The Bertz CT molecular complexity index is 1250. The first-order valence-corrected chi connectivity index (χ1v) is 20.9. The van der Waals surface area contributed by atoms with Crippen molar-refractivity contribution in [1.82, 2.24) is 0 Å². The van der Waals surface area contributed by atoms with Crippen LogP contribution in [0.5, 0.6) is 0 Å². The topological polar surface area (TPSA) is 144 Å². The summed E-state index contributed by atoms with van der Waals surface area (Å²) < 4.78 is 34.1. The van der Waals surface area contributed by atoms with Crippen molar-refractivity contribution in [2.75, 3.05) is 0 Å². The van der Waals surface area contributed by atoms with Crippen molar-refractivity contribution in [1.29, 1.82) is 0 Å². The second kappa shape index (κ2) is 17.8. The average Bonchev–Trinajstić information content (AvgIpc) is 3.43. The molecule has 0 aromatic rings. The smallest absolute Gasteiger partial charge is 0.550 e. The number of rotatable bonds is 12. The van der Waals surface area contributed by atoms with Crippen LogP contribution in [0.3, 0.4) is 0 Å². The molecule has 300 valence electrons. The molecular formula is C42H71NaO10. The molecule has 0 radical (unpaired) electrons. The van der Waals surface area contributed by atoms with E-state index in [1.54, 1.807) is 0 Å². The normalized spacial score (nSPS) is 44.8. The molecule has 11 heteroatoms. The molecule has 2 N–H and O–H groups in total. The van der Waals surface area contributed by atoms with E-state index >= 15 is 0 Å². The molecule has 0 aromatic carbocycles. The second-order valence-electron chi connectivity index (χ2n) is 18.1. The van der Waals surface area contributed by atoms with E-state index in [1.807, 2.05) is 41.5 Å². The van der Waals surface area contributed by atoms with Crippen molar-refractivity contribution in [3.8, 4) is 0 Å². The molecule has 5 heterocycles. The standard InChI is InChI=1S/C42H72O10.Na/c1-11-30(38(45)46)32-16-15-24(4)36(49-32)28(8)34(43)27(7)35(44)31(12-2)37-25(5)23-26(6)42(50-37)19-14-18-41(52-42)22-21-39(10,51-41)33-17-20-40(47,13-3)29(9)48-33;/h24-34,36-37,43,47H,11-23H2,1-10H3,(H,45,46);/q;+1/p-1/t24-,25-,26+,27-,28-,29-,30+,31-,32+,33+,34+,36+,37-,39-,40+,41+,42-;/m0./s1. The summed E-state index contributed by atoms with van der Waals surface area (Å²) in [5.74, 6) is -4.63. The van der Waals surface area contributed by atoms with Crippen LogP contribution in [0.25, 0.3) is 0 Å². The monoisotopic (exact) mass is 758 g/mol. The molecule has 5 rings (SSSR count). The van der Waals surface area contributed by atoms with Gasteiger partial charge in [-0.05, 0) is 89.9 Å². The summed E-state index contributed by atoms with van der Waals surface area (Å²) in [6.45, 7) is 20.1. The van der Waals surface area contributed by atoms with E-state index in [-0.39, 0.29) is 83.4 Å². The molecule has 0 amide bonds. The summed E-state index contributed by atoms with van der Waals surface area (Å²) in [6, 6.07) is 0. The first-order valence-electron chi connectivity index (χ1n) is 20.9. The molecule has 0 bridgehead atoms. The summed E-state index contributed by atoms with van der Waals surface area (Å²) in [4.78, 5) is 26.2. The predicted octanol–water partition coefficient (Wildman–Crippen LogP) is 3.11. The summed E-state index contributed by atoms with van der Waals surface area (Å²) in [7, 11) is 0. The van der Waals surface area contributed by atoms with Crippen LogP contribution >= 0.6 is 0 Å². The van der Waals surface area contributed by atoms with E-state index < -0.39 is 58.7 Å². The van der Waals surface area contributed by atoms with Gasteiger partial charge in [-0.2, -0.15) is 0 Å². The van der Waals surface area contributed by atoms with Crippen LogP contribution in [0, 0.1) is 41.4 Å². The van der Waals surface area contributed by atoms with E-state index in [1.165, 1.54) is 0 Å². The number of carbonyl (C=O) groups is 2. The van der Waals surface area contributed by atoms with Gasteiger partial charge in [0.25, 0.3) is 0 Å². The number of carbonyl (C=O) groups excluding carboxylic acids is 2. The van der Waals surface area contributed by atoms with Crippen molar-refractivity contribution in [3.05, 3.63) is 0 Å². The Balaban J connectivity index is 0.00000627. The van der Waals surface area contributed by atoms with Gasteiger partial charge in [-0.15, -0.1) is 0 Å². The van der Waals surface area contributed by atoms with Gasteiger partial charge in [0.2, 0.25) is 0 Å². The quantitative estimate of drug-likeness (QED) is 0.285. The Kier molecular flexibility index (Phi) is 15.3. The molecule has 5 saturated heterocycles. The number of hydrogen-bond donors (Lipinski definition) is 2. The summed E-state index contributed by atoms with van der Waals surface area (Å²) in [6.07, 6.45) is 6.66. The third kappa shape index (κ3) is 8.97. The Morgan fingerprint density at radius 1 is 0.849 bits per heavy atom. The maximum atomic E-state index is 14.4. The van der Waals surface area contributed by atoms with Crippen LogP contribution in [0.1, 0.15) is 153 Å². The Morgan fingerprint density at radius 2 is 1.53 bits per heavy atom. The molecule has 5 fully saturated rings. The minimum absolute atomic E-state index is 0. The molecule has 17 atom stereocenters. The zero-order valence-corrected chi connectivity index (χ0v) is 36.9. The van der Waals surface area contributed by atoms with Gasteiger partial charge in [0.1, 0.15) is 5.78 Å². The van der Waals surface area contributed by atoms with Gasteiger partial charge in [0.15, 0.2) is 11.6 Å². The van der Waals surface area contributed by atoms with Crippen molar-refractivity contribution in [3.63, 3.8) is 0 Å². The largest absolute Gasteiger partial charge is 1.00 e.